The molecule has 190 valence electrons. The summed E-state index contributed by atoms with van der Waals surface area (Å²) in [5.41, 5.74) is 2.89. The number of rotatable bonds is 5. The first kappa shape index (κ1) is 24.8. The molecule has 4 aromatic rings. The number of carbonyl (C=O) groups excluding carboxylic acids is 2. The molecular formula is C29H28N2O5S. The number of ketones is 1. The van der Waals surface area contributed by atoms with Gasteiger partial charge in [0.05, 0.1) is 24.4 Å². The second-order valence-electron chi connectivity index (χ2n) is 10.2. The summed E-state index contributed by atoms with van der Waals surface area (Å²) in [7, 11) is 1.52. The molecule has 5 rings (SSSR count). The van der Waals surface area contributed by atoms with Crippen LogP contribution in [0.3, 0.4) is 0 Å². The summed E-state index contributed by atoms with van der Waals surface area (Å²) in [6, 6.07) is 13.8. The molecule has 1 aliphatic heterocycles. The number of aliphatic hydroxyl groups excluding tert-OH is 1. The molecule has 1 unspecified atom stereocenters. The number of anilines is 1. The quantitative estimate of drug-likeness (QED) is 0.301. The Morgan fingerprint density at radius 3 is 2.43 bits per heavy atom. The van der Waals surface area contributed by atoms with Gasteiger partial charge < -0.3 is 14.3 Å². The molecule has 0 fully saturated rings. The Hall–Kier alpha value is -3.91. The number of methoxy groups -OCH3 is 1. The SMILES string of the molecule is COc1cccc2cc(C(=O)C3=C(O)C(=O)N(c4nc(C)c(C)s4)C3c3ccc(C(C)(C)C)cc3)oc12. The zero-order chi connectivity index (χ0) is 26.6. The molecule has 0 aliphatic carbocycles. The summed E-state index contributed by atoms with van der Waals surface area (Å²) in [6.45, 7) is 10.1. The van der Waals surface area contributed by atoms with Crippen molar-refractivity contribution in [2.24, 2.45) is 0 Å². The number of nitrogens with zero attached hydrogens (tertiary/aromatic N) is 2. The lowest BCUT2D eigenvalue weighted by Gasteiger charge is -2.25. The second-order valence-corrected chi connectivity index (χ2v) is 11.4. The van der Waals surface area contributed by atoms with Gasteiger partial charge in [0.15, 0.2) is 28.0 Å². The van der Waals surface area contributed by atoms with Gasteiger partial charge in [-0.3, -0.25) is 14.5 Å². The van der Waals surface area contributed by atoms with E-state index in [9.17, 15) is 14.7 Å². The molecule has 2 aromatic heterocycles. The minimum atomic E-state index is -0.867. The number of furan rings is 1. The molecule has 1 aliphatic rings. The number of Topliss-reactive ketones (excluding diaryl/α,β-unsaturated/α-hetero) is 1. The number of benzene rings is 2. The van der Waals surface area contributed by atoms with Gasteiger partial charge in [-0.25, -0.2) is 4.98 Å². The van der Waals surface area contributed by atoms with Crippen molar-refractivity contribution < 1.29 is 23.8 Å². The summed E-state index contributed by atoms with van der Waals surface area (Å²) in [6.07, 6.45) is 0. The van der Waals surface area contributed by atoms with Crippen LogP contribution in [0, 0.1) is 13.8 Å². The highest BCUT2D eigenvalue weighted by atomic mass is 32.1. The summed E-state index contributed by atoms with van der Waals surface area (Å²) >= 11 is 1.35. The number of aromatic nitrogens is 1. The summed E-state index contributed by atoms with van der Waals surface area (Å²) in [5.74, 6) is -1.34. The third kappa shape index (κ3) is 4.11. The Kier molecular flexibility index (Phi) is 5.95. The van der Waals surface area contributed by atoms with E-state index in [1.165, 1.54) is 23.3 Å². The van der Waals surface area contributed by atoms with Crippen LogP contribution in [0.1, 0.15) is 59.1 Å². The normalized spacial score (nSPS) is 16.2. The number of aryl methyl sites for hydroxylation is 2. The Labute approximate surface area is 219 Å². The summed E-state index contributed by atoms with van der Waals surface area (Å²) < 4.78 is 11.3. The van der Waals surface area contributed by atoms with E-state index in [-0.39, 0.29) is 16.7 Å². The first-order chi connectivity index (χ1) is 17.5. The lowest BCUT2D eigenvalue weighted by Crippen LogP contribution is -2.31. The highest BCUT2D eigenvalue weighted by molar-refractivity contribution is 7.15. The van der Waals surface area contributed by atoms with Crippen molar-refractivity contribution in [3.05, 3.63) is 87.3 Å². The minimum Gasteiger partial charge on any atom is -0.503 e. The number of fused-ring (bicyclic) bond motifs is 1. The highest BCUT2D eigenvalue weighted by Gasteiger charge is 2.46. The predicted octanol–water partition coefficient (Wildman–Crippen LogP) is 6.60. The largest absolute Gasteiger partial charge is 0.503 e. The molecule has 1 atom stereocenters. The molecule has 0 radical (unpaired) electrons. The highest BCUT2D eigenvalue weighted by Crippen LogP contribution is 2.44. The monoisotopic (exact) mass is 516 g/mol. The number of thiazole rings is 1. The smallest absolute Gasteiger partial charge is 0.296 e. The molecule has 8 heteroatoms. The standard InChI is InChI=1S/C29H28N2O5S/c1-15-16(2)37-28(30-15)31-23(17-10-12-19(13-11-17)29(3,4)5)22(25(33)27(31)34)24(32)21-14-18-8-7-9-20(35-6)26(18)36-21/h7-14,23,33H,1-6H3. The lowest BCUT2D eigenvalue weighted by atomic mass is 9.85. The lowest BCUT2D eigenvalue weighted by molar-refractivity contribution is -0.117. The van der Waals surface area contributed by atoms with E-state index in [0.717, 1.165) is 16.1 Å². The maximum absolute atomic E-state index is 13.9. The Morgan fingerprint density at radius 1 is 1.14 bits per heavy atom. The first-order valence-corrected chi connectivity index (χ1v) is 12.7. The fraction of sp³-hybridized carbons (Fsp3) is 0.276. The number of carbonyl (C=O) groups is 2. The molecule has 0 saturated carbocycles. The molecule has 0 bridgehead atoms. The van der Waals surface area contributed by atoms with Crippen molar-refractivity contribution in [1.29, 1.82) is 0 Å². The molecule has 7 nitrogen and oxygen atoms in total. The molecule has 1 N–H and O–H groups in total. The maximum atomic E-state index is 13.9. The van der Waals surface area contributed by atoms with Crippen LogP contribution in [0.25, 0.3) is 11.0 Å². The average molecular weight is 517 g/mol. The number of aliphatic hydroxyl groups is 1. The molecule has 37 heavy (non-hydrogen) atoms. The van der Waals surface area contributed by atoms with Crippen LogP contribution in [-0.4, -0.2) is 28.9 Å². The van der Waals surface area contributed by atoms with Gasteiger partial charge in [-0.2, -0.15) is 0 Å². The van der Waals surface area contributed by atoms with E-state index in [2.05, 4.69) is 25.8 Å². The first-order valence-electron chi connectivity index (χ1n) is 11.9. The minimum absolute atomic E-state index is 0.0125. The van der Waals surface area contributed by atoms with E-state index in [0.29, 0.717) is 27.4 Å². The van der Waals surface area contributed by atoms with Crippen LogP contribution >= 0.6 is 11.3 Å². The number of amides is 1. The van der Waals surface area contributed by atoms with E-state index in [4.69, 9.17) is 9.15 Å². The third-order valence-corrected chi connectivity index (χ3v) is 7.79. The zero-order valence-electron chi connectivity index (χ0n) is 21.6. The van der Waals surface area contributed by atoms with Crippen LogP contribution in [0.2, 0.25) is 0 Å². The topological polar surface area (TPSA) is 92.9 Å². The van der Waals surface area contributed by atoms with Crippen LogP contribution in [0.15, 0.2) is 64.3 Å². The zero-order valence-corrected chi connectivity index (χ0v) is 22.4. The maximum Gasteiger partial charge on any atom is 0.296 e. The third-order valence-electron chi connectivity index (χ3n) is 6.72. The molecule has 3 heterocycles. The fourth-order valence-corrected chi connectivity index (χ4v) is 5.45. The summed E-state index contributed by atoms with van der Waals surface area (Å²) in [4.78, 5) is 34.2. The van der Waals surface area contributed by atoms with Crippen molar-refractivity contribution in [2.75, 3.05) is 12.0 Å². The Morgan fingerprint density at radius 2 is 1.84 bits per heavy atom. The van der Waals surface area contributed by atoms with Gasteiger partial charge in [-0.05, 0) is 42.5 Å². The molecule has 1 amide bonds. The van der Waals surface area contributed by atoms with Gasteiger partial charge in [0, 0.05) is 10.3 Å². The van der Waals surface area contributed by atoms with Crippen molar-refractivity contribution >= 4 is 39.1 Å². The van der Waals surface area contributed by atoms with Crippen LogP contribution in [0.5, 0.6) is 5.75 Å². The van der Waals surface area contributed by atoms with Crippen molar-refractivity contribution in [2.45, 2.75) is 46.1 Å². The number of para-hydroxylation sites is 1. The van der Waals surface area contributed by atoms with E-state index >= 15 is 0 Å². The van der Waals surface area contributed by atoms with Crippen molar-refractivity contribution in [3.8, 4) is 5.75 Å². The van der Waals surface area contributed by atoms with Gasteiger partial charge >= 0.3 is 0 Å². The van der Waals surface area contributed by atoms with Gasteiger partial charge in [-0.15, -0.1) is 11.3 Å². The number of hydrogen-bond donors (Lipinski definition) is 1. The fourth-order valence-electron chi connectivity index (χ4n) is 4.52. The molecular weight excluding hydrogens is 488 g/mol. The van der Waals surface area contributed by atoms with Gasteiger partial charge in [0.2, 0.25) is 5.78 Å². The molecule has 0 saturated heterocycles. The van der Waals surface area contributed by atoms with Crippen molar-refractivity contribution in [1.82, 2.24) is 4.98 Å². The molecule has 2 aromatic carbocycles. The van der Waals surface area contributed by atoms with Crippen LogP contribution < -0.4 is 9.64 Å². The average Bonchev–Trinajstić information content (AvgIpc) is 3.52. The van der Waals surface area contributed by atoms with E-state index in [1.54, 1.807) is 18.2 Å². The second kappa shape index (κ2) is 8.88. The molecule has 0 spiro atoms. The summed E-state index contributed by atoms with van der Waals surface area (Å²) in [5, 5.41) is 12.2. The van der Waals surface area contributed by atoms with Gasteiger partial charge in [-0.1, -0.05) is 57.2 Å². The van der Waals surface area contributed by atoms with Crippen LogP contribution in [0.4, 0.5) is 5.13 Å². The van der Waals surface area contributed by atoms with E-state index in [1.807, 2.05) is 44.2 Å². The van der Waals surface area contributed by atoms with Crippen LogP contribution in [-0.2, 0) is 10.2 Å². The Bertz CT molecular complexity index is 1550. The van der Waals surface area contributed by atoms with Gasteiger partial charge in [0.25, 0.3) is 5.91 Å². The Balaban J connectivity index is 1.66. The number of ether oxygens (including phenoxy) is 1. The number of hydrogen-bond acceptors (Lipinski definition) is 7. The van der Waals surface area contributed by atoms with Gasteiger partial charge in [0.1, 0.15) is 0 Å². The van der Waals surface area contributed by atoms with Crippen molar-refractivity contribution in [3.63, 3.8) is 0 Å². The predicted molar refractivity (Wildman–Crippen MR) is 144 cm³/mol. The van der Waals surface area contributed by atoms with E-state index < -0.39 is 23.5 Å².